The van der Waals surface area contributed by atoms with Crippen molar-refractivity contribution in [2.24, 2.45) is 11.8 Å². The van der Waals surface area contributed by atoms with E-state index in [0.29, 0.717) is 18.3 Å². The first-order valence-electron chi connectivity index (χ1n) is 5.15. The van der Waals surface area contributed by atoms with Crippen molar-refractivity contribution in [3.8, 4) is 0 Å². The van der Waals surface area contributed by atoms with Crippen molar-refractivity contribution < 1.29 is 4.79 Å². The van der Waals surface area contributed by atoms with Crippen molar-refractivity contribution >= 4 is 5.91 Å². The summed E-state index contributed by atoms with van der Waals surface area (Å²) in [5.74, 6) is 1.36. The number of rotatable bonds is 3. The minimum Gasteiger partial charge on any atom is -0.359 e. The van der Waals surface area contributed by atoms with E-state index >= 15 is 0 Å². The van der Waals surface area contributed by atoms with Crippen LogP contribution < -0.4 is 10.6 Å². The number of piperidine rings is 1. The number of carbonyl (C=O) groups excluding carboxylic acids is 1. The van der Waals surface area contributed by atoms with Crippen LogP contribution in [0.2, 0.25) is 0 Å². The summed E-state index contributed by atoms with van der Waals surface area (Å²) in [4.78, 5) is 11.1. The van der Waals surface area contributed by atoms with Crippen molar-refractivity contribution in [3.63, 3.8) is 0 Å². The Kier molecular flexibility index (Phi) is 4.22. The molecule has 0 spiro atoms. The van der Waals surface area contributed by atoms with E-state index in [9.17, 15) is 4.79 Å². The van der Waals surface area contributed by atoms with Gasteiger partial charge in [0.2, 0.25) is 5.91 Å². The van der Waals surface area contributed by atoms with Gasteiger partial charge in [-0.25, -0.2) is 0 Å². The van der Waals surface area contributed by atoms with Gasteiger partial charge in [-0.15, -0.1) is 0 Å². The SMILES string of the molecule is CNC(=O)C[C@@H](C)[C@@H]1CCCNC1. The Labute approximate surface area is 80.3 Å². The maximum atomic E-state index is 11.1. The minimum absolute atomic E-state index is 0.165. The molecule has 1 aliphatic heterocycles. The topological polar surface area (TPSA) is 41.1 Å². The van der Waals surface area contributed by atoms with E-state index < -0.39 is 0 Å². The predicted octanol–water partition coefficient (Wildman–Crippen LogP) is 0.758. The number of amides is 1. The molecule has 1 rings (SSSR count). The van der Waals surface area contributed by atoms with Crippen molar-refractivity contribution in [2.75, 3.05) is 20.1 Å². The van der Waals surface area contributed by atoms with Gasteiger partial charge in [-0.3, -0.25) is 4.79 Å². The van der Waals surface area contributed by atoms with Gasteiger partial charge in [0.25, 0.3) is 0 Å². The molecule has 1 saturated heterocycles. The fourth-order valence-electron chi connectivity index (χ4n) is 1.93. The van der Waals surface area contributed by atoms with Gasteiger partial charge in [-0.05, 0) is 37.8 Å². The molecular formula is C10H20N2O. The smallest absolute Gasteiger partial charge is 0.220 e. The van der Waals surface area contributed by atoms with Gasteiger partial charge in [-0.1, -0.05) is 6.92 Å². The summed E-state index contributed by atoms with van der Waals surface area (Å²) in [7, 11) is 1.70. The summed E-state index contributed by atoms with van der Waals surface area (Å²) in [5, 5.41) is 6.05. The average molecular weight is 184 g/mol. The van der Waals surface area contributed by atoms with Gasteiger partial charge >= 0.3 is 0 Å². The second-order valence-electron chi connectivity index (χ2n) is 3.96. The van der Waals surface area contributed by atoms with Crippen LogP contribution in [-0.4, -0.2) is 26.0 Å². The largest absolute Gasteiger partial charge is 0.359 e. The van der Waals surface area contributed by atoms with Gasteiger partial charge in [-0.2, -0.15) is 0 Å². The van der Waals surface area contributed by atoms with Crippen LogP contribution in [0.4, 0.5) is 0 Å². The van der Waals surface area contributed by atoms with Gasteiger partial charge in [0.1, 0.15) is 0 Å². The summed E-state index contributed by atoms with van der Waals surface area (Å²) in [5.41, 5.74) is 0. The highest BCUT2D eigenvalue weighted by Gasteiger charge is 2.21. The molecule has 1 fully saturated rings. The van der Waals surface area contributed by atoms with E-state index in [1.807, 2.05) is 0 Å². The summed E-state index contributed by atoms with van der Waals surface area (Å²) in [6.45, 7) is 4.40. The summed E-state index contributed by atoms with van der Waals surface area (Å²) >= 11 is 0. The molecule has 2 N–H and O–H groups in total. The van der Waals surface area contributed by atoms with Crippen LogP contribution in [-0.2, 0) is 4.79 Å². The molecule has 0 bridgehead atoms. The number of hydrogen-bond donors (Lipinski definition) is 2. The highest BCUT2D eigenvalue weighted by molar-refractivity contribution is 5.75. The number of hydrogen-bond acceptors (Lipinski definition) is 2. The third-order valence-electron chi connectivity index (χ3n) is 2.93. The van der Waals surface area contributed by atoms with Gasteiger partial charge < -0.3 is 10.6 Å². The van der Waals surface area contributed by atoms with E-state index in [4.69, 9.17) is 0 Å². The van der Waals surface area contributed by atoms with Crippen molar-refractivity contribution in [2.45, 2.75) is 26.2 Å². The van der Waals surface area contributed by atoms with Gasteiger partial charge in [0, 0.05) is 13.5 Å². The zero-order valence-corrected chi connectivity index (χ0v) is 8.60. The highest BCUT2D eigenvalue weighted by atomic mass is 16.1. The predicted molar refractivity (Wildman–Crippen MR) is 53.4 cm³/mol. The molecule has 3 heteroatoms. The Morgan fingerprint density at radius 1 is 1.69 bits per heavy atom. The summed E-state index contributed by atoms with van der Waals surface area (Å²) < 4.78 is 0. The second kappa shape index (κ2) is 5.22. The first kappa shape index (κ1) is 10.5. The molecule has 1 aliphatic rings. The molecule has 0 aromatic heterocycles. The van der Waals surface area contributed by atoms with Crippen LogP contribution in [0.3, 0.4) is 0 Å². The van der Waals surface area contributed by atoms with E-state index in [2.05, 4.69) is 17.6 Å². The average Bonchev–Trinajstić information content (AvgIpc) is 2.19. The molecule has 76 valence electrons. The van der Waals surface area contributed by atoms with Crippen LogP contribution in [0, 0.1) is 11.8 Å². The zero-order chi connectivity index (χ0) is 9.68. The molecule has 3 nitrogen and oxygen atoms in total. The Morgan fingerprint density at radius 2 is 2.46 bits per heavy atom. The van der Waals surface area contributed by atoms with Gasteiger partial charge in [0.05, 0.1) is 0 Å². The van der Waals surface area contributed by atoms with Crippen molar-refractivity contribution in [1.82, 2.24) is 10.6 Å². The fourth-order valence-corrected chi connectivity index (χ4v) is 1.93. The third kappa shape index (κ3) is 3.35. The van der Waals surface area contributed by atoms with E-state index in [1.54, 1.807) is 7.05 Å². The Hall–Kier alpha value is -0.570. The Bertz CT molecular complexity index is 164. The maximum Gasteiger partial charge on any atom is 0.220 e. The molecule has 2 atom stereocenters. The van der Waals surface area contributed by atoms with Crippen molar-refractivity contribution in [1.29, 1.82) is 0 Å². The van der Waals surface area contributed by atoms with E-state index in [0.717, 1.165) is 13.1 Å². The molecule has 1 heterocycles. The lowest BCUT2D eigenvalue weighted by atomic mass is 9.85. The molecule has 0 aromatic carbocycles. The van der Waals surface area contributed by atoms with Gasteiger partial charge in [0.15, 0.2) is 0 Å². The molecule has 0 aliphatic carbocycles. The zero-order valence-electron chi connectivity index (χ0n) is 8.60. The molecule has 0 aromatic rings. The van der Waals surface area contributed by atoms with Crippen LogP contribution in [0.1, 0.15) is 26.2 Å². The molecule has 13 heavy (non-hydrogen) atoms. The number of nitrogens with one attached hydrogen (secondary N) is 2. The molecule has 1 amide bonds. The van der Waals surface area contributed by atoms with Crippen LogP contribution in [0.25, 0.3) is 0 Å². The lowest BCUT2D eigenvalue weighted by Gasteiger charge is -2.27. The standard InChI is InChI=1S/C10H20N2O/c1-8(6-10(13)11-2)9-4-3-5-12-7-9/h8-9,12H,3-7H2,1-2H3,(H,11,13)/t8-,9-/m1/s1. The first-order chi connectivity index (χ1) is 6.24. The Balaban J connectivity index is 2.28. The lowest BCUT2D eigenvalue weighted by molar-refractivity contribution is -0.121. The Morgan fingerprint density at radius 3 is 3.00 bits per heavy atom. The number of carbonyl (C=O) groups is 1. The molecule has 0 unspecified atom stereocenters. The minimum atomic E-state index is 0.165. The normalized spacial score (nSPS) is 25.2. The van der Waals surface area contributed by atoms with E-state index in [1.165, 1.54) is 12.8 Å². The van der Waals surface area contributed by atoms with Crippen LogP contribution >= 0.6 is 0 Å². The molecule has 0 radical (unpaired) electrons. The second-order valence-corrected chi connectivity index (χ2v) is 3.96. The molecular weight excluding hydrogens is 164 g/mol. The monoisotopic (exact) mass is 184 g/mol. The highest BCUT2D eigenvalue weighted by Crippen LogP contribution is 2.22. The summed E-state index contributed by atoms with van der Waals surface area (Å²) in [6, 6.07) is 0. The quantitative estimate of drug-likeness (QED) is 0.680. The molecule has 0 saturated carbocycles. The van der Waals surface area contributed by atoms with Crippen LogP contribution in [0.5, 0.6) is 0 Å². The summed E-state index contributed by atoms with van der Waals surface area (Å²) in [6.07, 6.45) is 3.19. The van der Waals surface area contributed by atoms with E-state index in [-0.39, 0.29) is 5.91 Å². The van der Waals surface area contributed by atoms with Crippen LogP contribution in [0.15, 0.2) is 0 Å². The first-order valence-corrected chi connectivity index (χ1v) is 5.15. The maximum absolute atomic E-state index is 11.1. The van der Waals surface area contributed by atoms with Crippen molar-refractivity contribution in [3.05, 3.63) is 0 Å². The fraction of sp³-hybridized carbons (Fsp3) is 0.900. The lowest BCUT2D eigenvalue weighted by Crippen LogP contribution is -2.35. The third-order valence-corrected chi connectivity index (χ3v) is 2.93.